The molecule has 218 valence electrons. The van der Waals surface area contributed by atoms with E-state index in [1.54, 1.807) is 0 Å². The van der Waals surface area contributed by atoms with Crippen LogP contribution in [0.1, 0.15) is 195 Å². The van der Waals surface area contributed by atoms with Gasteiger partial charge in [0.25, 0.3) is 0 Å². The minimum absolute atomic E-state index is 0.846. The van der Waals surface area contributed by atoms with Crippen molar-refractivity contribution < 1.29 is 4.48 Å². The van der Waals surface area contributed by atoms with Gasteiger partial charge in [0.2, 0.25) is 0 Å². The number of nitrogens with zero attached hydrogens (tertiary/aromatic N) is 1. The van der Waals surface area contributed by atoms with E-state index in [0.29, 0.717) is 0 Å². The van der Waals surface area contributed by atoms with Crippen molar-refractivity contribution in [2.75, 3.05) is 26.2 Å². The zero-order valence-corrected chi connectivity index (χ0v) is 26.5. The summed E-state index contributed by atoms with van der Waals surface area (Å²) in [6.07, 6.45) is 36.3. The molecule has 1 heteroatoms. The van der Waals surface area contributed by atoms with Crippen LogP contribution in [0.25, 0.3) is 0 Å². The van der Waals surface area contributed by atoms with Gasteiger partial charge in [-0.05, 0) is 50.9 Å². The Labute approximate surface area is 231 Å². The molecule has 0 saturated carbocycles. The number of rotatable bonds is 30. The highest BCUT2D eigenvalue weighted by Gasteiger charge is 2.26. The van der Waals surface area contributed by atoms with Crippen LogP contribution in [-0.4, -0.2) is 30.7 Å². The normalized spacial score (nSPS) is 12.2. The molecule has 0 rings (SSSR count). The number of quaternary nitrogens is 1. The van der Waals surface area contributed by atoms with E-state index in [1.165, 1.54) is 191 Å². The largest absolute Gasteiger partial charge is 0.324 e. The zero-order valence-electron chi connectivity index (χ0n) is 26.5. The fourth-order valence-corrected chi connectivity index (χ4v) is 5.95. The molecule has 0 radical (unpaired) electrons. The Morgan fingerprint density at radius 2 is 0.583 bits per heavy atom. The predicted octanol–water partition coefficient (Wildman–Crippen LogP) is 12.3. The van der Waals surface area contributed by atoms with Gasteiger partial charge in [-0.15, -0.1) is 0 Å². The van der Waals surface area contributed by atoms with Gasteiger partial charge in [0, 0.05) is 0 Å². The number of unbranched alkanes of at least 4 members (excludes halogenated alkanes) is 21. The fraction of sp³-hybridized carbons (Fsp3) is 1.00. The van der Waals surface area contributed by atoms with Crippen molar-refractivity contribution in [3.63, 3.8) is 0 Å². The highest BCUT2D eigenvalue weighted by molar-refractivity contribution is 4.56. The van der Waals surface area contributed by atoms with Crippen molar-refractivity contribution in [3.05, 3.63) is 0 Å². The summed E-state index contributed by atoms with van der Waals surface area (Å²) in [6, 6.07) is 0. The molecule has 0 aromatic rings. The highest BCUT2D eigenvalue weighted by Crippen LogP contribution is 2.21. The average Bonchev–Trinajstić information content (AvgIpc) is 2.87. The van der Waals surface area contributed by atoms with E-state index in [4.69, 9.17) is 0 Å². The summed E-state index contributed by atoms with van der Waals surface area (Å²) in [5.74, 6) is 0.846. The molecule has 0 amide bonds. The molecule has 0 aliphatic heterocycles. The molecular weight excluding hydrogens is 434 g/mol. The van der Waals surface area contributed by atoms with Crippen molar-refractivity contribution in [3.8, 4) is 0 Å². The molecule has 36 heavy (non-hydrogen) atoms. The molecule has 0 bridgehead atoms. The van der Waals surface area contributed by atoms with Crippen LogP contribution in [0.2, 0.25) is 0 Å². The summed E-state index contributed by atoms with van der Waals surface area (Å²) < 4.78 is 1.46. The molecular formula is C35H74N+. The third-order valence-corrected chi connectivity index (χ3v) is 8.64. The molecule has 0 spiro atoms. The molecule has 0 saturated heterocycles. The average molecular weight is 509 g/mol. The van der Waals surface area contributed by atoms with Crippen LogP contribution < -0.4 is 0 Å². The SMILES string of the molecule is CCCCCCCCCC[N+](CCCCCCCCCC)(CCCCCCCCCC)CCC(C)C. The second-order valence-electron chi connectivity index (χ2n) is 12.8. The maximum Gasteiger partial charge on any atom is 0.0789 e. The molecule has 0 unspecified atom stereocenters. The quantitative estimate of drug-likeness (QED) is 0.0668. The van der Waals surface area contributed by atoms with Crippen LogP contribution in [0.3, 0.4) is 0 Å². The lowest BCUT2D eigenvalue weighted by Gasteiger charge is -2.40. The summed E-state index contributed by atoms with van der Waals surface area (Å²) in [5, 5.41) is 0. The lowest BCUT2D eigenvalue weighted by Crippen LogP contribution is -2.51. The molecule has 0 aliphatic carbocycles. The van der Waals surface area contributed by atoms with Crippen LogP contribution in [0.15, 0.2) is 0 Å². The lowest BCUT2D eigenvalue weighted by atomic mass is 10.0. The summed E-state index contributed by atoms with van der Waals surface area (Å²) in [5.41, 5.74) is 0. The van der Waals surface area contributed by atoms with E-state index in [1.807, 2.05) is 0 Å². The first-order chi connectivity index (χ1) is 17.6. The maximum absolute atomic E-state index is 2.44. The Bertz CT molecular complexity index is 351. The third-order valence-electron chi connectivity index (χ3n) is 8.64. The van der Waals surface area contributed by atoms with Crippen molar-refractivity contribution >= 4 is 0 Å². The summed E-state index contributed by atoms with van der Waals surface area (Å²) in [4.78, 5) is 0. The fourth-order valence-electron chi connectivity index (χ4n) is 5.95. The van der Waals surface area contributed by atoms with E-state index in [9.17, 15) is 0 Å². The topological polar surface area (TPSA) is 0 Å². The van der Waals surface area contributed by atoms with Crippen molar-refractivity contribution in [2.45, 2.75) is 195 Å². The molecule has 0 aromatic carbocycles. The number of hydrogen-bond donors (Lipinski definition) is 0. The van der Waals surface area contributed by atoms with Gasteiger partial charge in [-0.3, -0.25) is 0 Å². The first-order valence-electron chi connectivity index (χ1n) is 17.4. The second kappa shape index (κ2) is 28.0. The van der Waals surface area contributed by atoms with Crippen molar-refractivity contribution in [2.24, 2.45) is 5.92 Å². The molecule has 0 heterocycles. The van der Waals surface area contributed by atoms with E-state index < -0.39 is 0 Å². The Morgan fingerprint density at radius 3 is 0.833 bits per heavy atom. The summed E-state index contributed by atoms with van der Waals surface area (Å²) >= 11 is 0. The lowest BCUT2D eigenvalue weighted by molar-refractivity contribution is -0.929. The van der Waals surface area contributed by atoms with E-state index in [0.717, 1.165) is 5.92 Å². The van der Waals surface area contributed by atoms with Gasteiger partial charge in [-0.25, -0.2) is 0 Å². The van der Waals surface area contributed by atoms with E-state index in [-0.39, 0.29) is 0 Å². The predicted molar refractivity (Wildman–Crippen MR) is 167 cm³/mol. The Hall–Kier alpha value is -0.0400. The smallest absolute Gasteiger partial charge is 0.0789 e. The van der Waals surface area contributed by atoms with Gasteiger partial charge in [0.15, 0.2) is 0 Å². The van der Waals surface area contributed by atoms with E-state index >= 15 is 0 Å². The van der Waals surface area contributed by atoms with Crippen LogP contribution in [-0.2, 0) is 0 Å². The van der Waals surface area contributed by atoms with Gasteiger partial charge in [-0.1, -0.05) is 150 Å². The van der Waals surface area contributed by atoms with Gasteiger partial charge in [0.1, 0.15) is 0 Å². The Balaban J connectivity index is 4.63. The molecule has 0 N–H and O–H groups in total. The first-order valence-corrected chi connectivity index (χ1v) is 17.4. The first kappa shape index (κ1) is 36.0. The van der Waals surface area contributed by atoms with Gasteiger partial charge >= 0.3 is 0 Å². The number of hydrogen-bond acceptors (Lipinski definition) is 0. The van der Waals surface area contributed by atoms with Crippen molar-refractivity contribution in [1.82, 2.24) is 0 Å². The Morgan fingerprint density at radius 1 is 0.333 bits per heavy atom. The van der Waals surface area contributed by atoms with Crippen LogP contribution >= 0.6 is 0 Å². The molecule has 0 aliphatic rings. The summed E-state index contributed by atoms with van der Waals surface area (Å²) in [6.45, 7) is 17.7. The monoisotopic (exact) mass is 509 g/mol. The zero-order chi connectivity index (χ0) is 26.6. The minimum Gasteiger partial charge on any atom is -0.324 e. The third kappa shape index (κ3) is 24.3. The molecule has 1 nitrogen and oxygen atoms in total. The van der Waals surface area contributed by atoms with Crippen LogP contribution in [0.5, 0.6) is 0 Å². The minimum atomic E-state index is 0.846. The maximum atomic E-state index is 2.44. The van der Waals surface area contributed by atoms with Crippen LogP contribution in [0.4, 0.5) is 0 Å². The second-order valence-corrected chi connectivity index (χ2v) is 12.8. The molecule has 0 atom stereocenters. The highest BCUT2D eigenvalue weighted by atomic mass is 15.3. The van der Waals surface area contributed by atoms with Gasteiger partial charge in [0.05, 0.1) is 26.2 Å². The van der Waals surface area contributed by atoms with Crippen LogP contribution in [0, 0.1) is 5.92 Å². The van der Waals surface area contributed by atoms with Gasteiger partial charge in [-0.2, -0.15) is 0 Å². The Kier molecular flexibility index (Phi) is 27.9. The summed E-state index contributed by atoms with van der Waals surface area (Å²) in [7, 11) is 0. The standard InChI is InChI=1S/C35H74N/c1-6-9-12-15-18-21-24-27-31-36(34-30-35(4)5,32-28-25-22-19-16-13-10-7-2)33-29-26-23-20-17-14-11-8-3/h35H,6-34H2,1-5H3/q+1. The van der Waals surface area contributed by atoms with E-state index in [2.05, 4.69) is 34.6 Å². The van der Waals surface area contributed by atoms with Crippen molar-refractivity contribution in [1.29, 1.82) is 0 Å². The molecule has 0 aromatic heterocycles. The molecule has 0 fully saturated rings. The van der Waals surface area contributed by atoms with Gasteiger partial charge < -0.3 is 4.48 Å².